The van der Waals surface area contributed by atoms with Crippen LogP contribution in [0.3, 0.4) is 0 Å². The predicted molar refractivity (Wildman–Crippen MR) is 111 cm³/mol. The Kier molecular flexibility index (Phi) is 4.79. The summed E-state index contributed by atoms with van der Waals surface area (Å²) >= 11 is 5.58. The third-order valence-electron chi connectivity index (χ3n) is 4.90. The summed E-state index contributed by atoms with van der Waals surface area (Å²) in [5.41, 5.74) is 5.24. The number of rotatable bonds is 4. The van der Waals surface area contributed by atoms with Gasteiger partial charge < -0.3 is 5.32 Å². The number of nitrogens with zero attached hydrogens (tertiary/aromatic N) is 1. The molecule has 0 aromatic heterocycles. The molecule has 25 heavy (non-hydrogen) atoms. The van der Waals surface area contributed by atoms with Crippen LogP contribution >= 0.6 is 12.2 Å². The summed E-state index contributed by atoms with van der Waals surface area (Å²) in [5, 5.41) is 3.41. The molecule has 2 aromatic rings. The van der Waals surface area contributed by atoms with Crippen molar-refractivity contribution in [1.29, 1.82) is 0 Å². The van der Waals surface area contributed by atoms with Gasteiger partial charge in [-0.15, -0.1) is 0 Å². The Morgan fingerprint density at radius 1 is 0.840 bits per heavy atom. The molecular weight excluding hydrogens is 324 g/mol. The first-order chi connectivity index (χ1) is 11.8. The van der Waals surface area contributed by atoms with Gasteiger partial charge in [0, 0.05) is 5.56 Å². The molecule has 0 amide bonds. The van der Waals surface area contributed by atoms with Gasteiger partial charge in [0.05, 0.1) is 0 Å². The molecule has 1 unspecified atom stereocenters. The highest BCUT2D eigenvalue weighted by molar-refractivity contribution is 7.82. The molecule has 0 radical (unpaired) electrons. The van der Waals surface area contributed by atoms with Gasteiger partial charge in [0.2, 0.25) is 0 Å². The van der Waals surface area contributed by atoms with Crippen LogP contribution in [0.2, 0.25) is 0 Å². The van der Waals surface area contributed by atoms with E-state index in [0.29, 0.717) is 16.8 Å². The Hall–Kier alpha value is -2.00. The highest BCUT2D eigenvalue weighted by atomic mass is 32.1. The molecule has 2 nitrogen and oxygen atoms in total. The molecule has 0 spiro atoms. The van der Waals surface area contributed by atoms with Crippen molar-refractivity contribution in [2.75, 3.05) is 0 Å². The summed E-state index contributed by atoms with van der Waals surface area (Å²) in [6, 6.07) is 17.2. The average molecular weight is 351 g/mol. The molecule has 0 aliphatic carbocycles. The van der Waals surface area contributed by atoms with Crippen molar-refractivity contribution < 1.29 is 0 Å². The summed E-state index contributed by atoms with van der Waals surface area (Å²) in [7, 11) is 0. The fraction of sp³-hybridized carbons (Fsp3) is 0.364. The third-order valence-corrected chi connectivity index (χ3v) is 5.19. The first-order valence-electron chi connectivity index (χ1n) is 8.93. The maximum absolute atomic E-state index is 5.58. The fourth-order valence-corrected chi connectivity index (χ4v) is 3.50. The molecule has 1 N–H and O–H groups in total. The second kappa shape index (κ2) is 6.72. The zero-order valence-electron chi connectivity index (χ0n) is 15.6. The van der Waals surface area contributed by atoms with Crippen LogP contribution in [0.5, 0.6) is 0 Å². The van der Waals surface area contributed by atoms with E-state index in [9.17, 15) is 0 Å². The van der Waals surface area contributed by atoms with Gasteiger partial charge in [-0.05, 0) is 35.4 Å². The molecule has 3 heteroatoms. The van der Waals surface area contributed by atoms with Gasteiger partial charge in [-0.2, -0.15) is 0 Å². The summed E-state index contributed by atoms with van der Waals surface area (Å²) < 4.78 is 0. The van der Waals surface area contributed by atoms with Crippen molar-refractivity contribution in [3.05, 3.63) is 70.8 Å². The molecule has 2 aromatic carbocycles. The summed E-state index contributed by atoms with van der Waals surface area (Å²) in [6.07, 6.45) is 0. The van der Waals surface area contributed by atoms with Gasteiger partial charge in [0.1, 0.15) is 10.7 Å². The zero-order chi connectivity index (χ0) is 18.2. The second-order valence-electron chi connectivity index (χ2n) is 7.54. The van der Waals surface area contributed by atoms with Crippen molar-refractivity contribution in [2.45, 2.75) is 52.1 Å². The lowest BCUT2D eigenvalue weighted by atomic mass is 9.97. The quantitative estimate of drug-likeness (QED) is 0.734. The number of hydrogen-bond donors (Lipinski definition) is 1. The Labute approximate surface area is 156 Å². The van der Waals surface area contributed by atoms with E-state index in [0.717, 1.165) is 16.8 Å². The van der Waals surface area contributed by atoms with E-state index in [2.05, 4.69) is 88.5 Å². The highest BCUT2D eigenvalue weighted by Gasteiger charge is 2.34. The molecule has 130 valence electrons. The average Bonchev–Trinajstić information content (AvgIpc) is 2.91. The molecule has 1 aliphatic rings. The lowest BCUT2D eigenvalue weighted by molar-refractivity contribution is 0.480. The monoisotopic (exact) mass is 350 g/mol. The minimum absolute atomic E-state index is 0.501. The maximum Gasteiger partial charge on any atom is 0.154 e. The first kappa shape index (κ1) is 17.8. The molecule has 3 rings (SSSR count). The number of benzene rings is 2. The van der Waals surface area contributed by atoms with Crippen LogP contribution in [0, 0.1) is 0 Å². The summed E-state index contributed by atoms with van der Waals surface area (Å²) in [5.74, 6) is 1.05. The van der Waals surface area contributed by atoms with Crippen LogP contribution in [0.15, 0.2) is 53.5 Å². The molecule has 0 saturated carbocycles. The van der Waals surface area contributed by atoms with Crippen molar-refractivity contribution in [3.63, 3.8) is 0 Å². The molecule has 1 heterocycles. The largest absolute Gasteiger partial charge is 0.347 e. The van der Waals surface area contributed by atoms with E-state index in [1.165, 1.54) is 11.1 Å². The van der Waals surface area contributed by atoms with Crippen LogP contribution in [-0.4, -0.2) is 10.7 Å². The van der Waals surface area contributed by atoms with Crippen LogP contribution in [-0.2, 0) is 5.66 Å². The Balaban J connectivity index is 1.92. The van der Waals surface area contributed by atoms with E-state index < -0.39 is 5.66 Å². The van der Waals surface area contributed by atoms with Crippen molar-refractivity contribution in [3.8, 4) is 0 Å². The minimum atomic E-state index is -0.501. The Morgan fingerprint density at radius 3 is 1.80 bits per heavy atom. The van der Waals surface area contributed by atoms with Crippen LogP contribution in [0.1, 0.15) is 68.7 Å². The topological polar surface area (TPSA) is 24.4 Å². The number of thiocarbonyl (C=S) groups is 1. The molecule has 0 saturated heterocycles. The zero-order valence-corrected chi connectivity index (χ0v) is 16.4. The lowest BCUT2D eigenvalue weighted by Crippen LogP contribution is -2.36. The fourth-order valence-electron chi connectivity index (χ4n) is 3.13. The van der Waals surface area contributed by atoms with Crippen molar-refractivity contribution in [1.82, 2.24) is 5.32 Å². The molecule has 0 fully saturated rings. The minimum Gasteiger partial charge on any atom is -0.347 e. The Bertz CT molecular complexity index is 801. The number of nitrogens with one attached hydrogen (secondary N) is 1. The van der Waals surface area contributed by atoms with Gasteiger partial charge in [0.25, 0.3) is 0 Å². The van der Waals surface area contributed by atoms with Gasteiger partial charge in [-0.1, -0.05) is 88.4 Å². The molecular formula is C22H26N2S. The van der Waals surface area contributed by atoms with E-state index in [1.54, 1.807) is 0 Å². The molecule has 1 atom stereocenters. The van der Waals surface area contributed by atoms with Crippen molar-refractivity contribution >= 4 is 22.9 Å². The SMILES string of the molecule is CC(C)c1ccc(C2=NC(C)(c3ccc(C(C)C)cc3)NC2=S)cc1. The second-order valence-corrected chi connectivity index (χ2v) is 7.95. The van der Waals surface area contributed by atoms with Gasteiger partial charge in [-0.3, -0.25) is 0 Å². The van der Waals surface area contributed by atoms with Gasteiger partial charge in [-0.25, -0.2) is 4.99 Å². The van der Waals surface area contributed by atoms with Crippen LogP contribution < -0.4 is 5.32 Å². The lowest BCUT2D eigenvalue weighted by Gasteiger charge is -2.23. The van der Waals surface area contributed by atoms with E-state index >= 15 is 0 Å². The predicted octanol–water partition coefficient (Wildman–Crippen LogP) is 5.53. The van der Waals surface area contributed by atoms with Gasteiger partial charge >= 0.3 is 0 Å². The first-order valence-corrected chi connectivity index (χ1v) is 9.34. The number of aliphatic imine (C=N–C) groups is 1. The summed E-state index contributed by atoms with van der Waals surface area (Å²) in [4.78, 5) is 5.67. The van der Waals surface area contributed by atoms with Crippen LogP contribution in [0.4, 0.5) is 0 Å². The smallest absolute Gasteiger partial charge is 0.154 e. The normalized spacial score (nSPS) is 20.1. The van der Waals surface area contributed by atoms with Crippen molar-refractivity contribution in [2.24, 2.45) is 4.99 Å². The van der Waals surface area contributed by atoms with Crippen LogP contribution in [0.25, 0.3) is 0 Å². The number of hydrogen-bond acceptors (Lipinski definition) is 2. The Morgan fingerprint density at radius 2 is 1.32 bits per heavy atom. The van der Waals surface area contributed by atoms with E-state index in [4.69, 9.17) is 17.2 Å². The highest BCUT2D eigenvalue weighted by Crippen LogP contribution is 2.30. The maximum atomic E-state index is 5.58. The third kappa shape index (κ3) is 3.52. The summed E-state index contributed by atoms with van der Waals surface area (Å²) in [6.45, 7) is 10.9. The van der Waals surface area contributed by atoms with Gasteiger partial charge in [0.15, 0.2) is 5.66 Å². The van der Waals surface area contributed by atoms with E-state index in [-0.39, 0.29) is 0 Å². The standard InChI is InChI=1S/C22H26N2S/c1-14(2)16-6-8-18(9-7-16)20-21(25)24-22(5,23-20)19-12-10-17(11-13-19)15(3)4/h6-15H,1-5H3,(H,24,25). The van der Waals surface area contributed by atoms with E-state index in [1.807, 2.05) is 0 Å². The molecule has 0 bridgehead atoms. The molecule has 1 aliphatic heterocycles.